The van der Waals surface area contributed by atoms with Crippen LogP contribution in [0.5, 0.6) is 0 Å². The lowest BCUT2D eigenvalue weighted by molar-refractivity contribution is 0.0693. The third-order valence-electron chi connectivity index (χ3n) is 5.67. The molecule has 0 aliphatic rings. The summed E-state index contributed by atoms with van der Waals surface area (Å²) in [6.07, 6.45) is 0. The number of carbonyl (C=O) groups is 1. The molecule has 0 bridgehead atoms. The van der Waals surface area contributed by atoms with Crippen molar-refractivity contribution in [3.05, 3.63) is 88.5 Å². The molecular formula is C25H25N3O2. The van der Waals surface area contributed by atoms with Crippen LogP contribution in [0, 0.1) is 0 Å². The predicted molar refractivity (Wildman–Crippen MR) is 121 cm³/mol. The third-order valence-corrected chi connectivity index (χ3v) is 5.67. The van der Waals surface area contributed by atoms with E-state index in [2.05, 4.69) is 0 Å². The van der Waals surface area contributed by atoms with Crippen LogP contribution in [0.2, 0.25) is 0 Å². The van der Waals surface area contributed by atoms with Crippen LogP contribution in [0.1, 0.15) is 43.0 Å². The Morgan fingerprint density at radius 1 is 0.967 bits per heavy atom. The van der Waals surface area contributed by atoms with Gasteiger partial charge in [-0.25, -0.2) is 4.98 Å². The first-order chi connectivity index (χ1) is 14.6. The van der Waals surface area contributed by atoms with Crippen molar-refractivity contribution >= 4 is 27.6 Å². The summed E-state index contributed by atoms with van der Waals surface area (Å²) in [4.78, 5) is 33.2. The zero-order valence-corrected chi connectivity index (χ0v) is 17.5. The molecule has 0 saturated heterocycles. The topological polar surface area (TPSA) is 55.2 Å². The second-order valence-corrected chi connectivity index (χ2v) is 7.33. The number of amides is 1. The number of para-hydroxylation sites is 1. The normalized spacial score (nSPS) is 12.2. The molecule has 4 aromatic rings. The van der Waals surface area contributed by atoms with Gasteiger partial charge in [-0.1, -0.05) is 48.5 Å². The molecule has 0 aliphatic carbocycles. The first-order valence-corrected chi connectivity index (χ1v) is 10.3. The minimum Gasteiger partial charge on any atom is -0.329 e. The van der Waals surface area contributed by atoms with Gasteiger partial charge in [0.1, 0.15) is 5.82 Å². The molecule has 1 atom stereocenters. The van der Waals surface area contributed by atoms with Gasteiger partial charge in [0, 0.05) is 18.7 Å². The van der Waals surface area contributed by atoms with Crippen molar-refractivity contribution in [2.24, 2.45) is 0 Å². The van der Waals surface area contributed by atoms with Crippen molar-refractivity contribution in [2.75, 3.05) is 6.54 Å². The number of fused-ring (bicyclic) bond motifs is 2. The minimum absolute atomic E-state index is 0.0631. The Morgan fingerprint density at radius 3 is 2.37 bits per heavy atom. The van der Waals surface area contributed by atoms with Crippen molar-refractivity contribution in [1.29, 1.82) is 0 Å². The molecule has 152 valence electrons. The Morgan fingerprint density at radius 2 is 1.63 bits per heavy atom. The van der Waals surface area contributed by atoms with Crippen LogP contribution in [0.15, 0.2) is 71.5 Å². The van der Waals surface area contributed by atoms with Gasteiger partial charge in [-0.15, -0.1) is 0 Å². The van der Waals surface area contributed by atoms with E-state index in [4.69, 9.17) is 4.98 Å². The van der Waals surface area contributed by atoms with Gasteiger partial charge in [0.25, 0.3) is 11.5 Å². The molecule has 0 saturated carbocycles. The molecule has 0 radical (unpaired) electrons. The molecule has 0 fully saturated rings. The smallest absolute Gasteiger partial charge is 0.261 e. The van der Waals surface area contributed by atoms with Gasteiger partial charge in [0.15, 0.2) is 0 Å². The van der Waals surface area contributed by atoms with Crippen LogP contribution in [0.3, 0.4) is 0 Å². The molecule has 3 aromatic carbocycles. The Kier molecular flexibility index (Phi) is 5.36. The summed E-state index contributed by atoms with van der Waals surface area (Å²) >= 11 is 0. The van der Waals surface area contributed by atoms with E-state index in [-0.39, 0.29) is 17.5 Å². The van der Waals surface area contributed by atoms with E-state index in [0.29, 0.717) is 35.4 Å². The zero-order chi connectivity index (χ0) is 21.3. The zero-order valence-electron chi connectivity index (χ0n) is 17.5. The van der Waals surface area contributed by atoms with E-state index in [1.165, 1.54) is 0 Å². The van der Waals surface area contributed by atoms with Gasteiger partial charge in [-0.3, -0.25) is 14.2 Å². The number of hydrogen-bond acceptors (Lipinski definition) is 3. The standard InChI is InChI=1S/C25H25N3O2/c1-4-27(24(29)20-15-10-12-18-11-6-7-13-19(18)20)17(3)23-26-22-16-9-8-14-21(22)25(30)28(23)5-2/h6-17H,4-5H2,1-3H3. The average molecular weight is 399 g/mol. The van der Waals surface area contributed by atoms with Crippen LogP contribution in [-0.4, -0.2) is 26.9 Å². The summed E-state index contributed by atoms with van der Waals surface area (Å²) in [7, 11) is 0. The predicted octanol–water partition coefficient (Wildman–Crippen LogP) is 4.79. The summed E-state index contributed by atoms with van der Waals surface area (Å²) in [5, 5.41) is 2.55. The lowest BCUT2D eigenvalue weighted by Gasteiger charge is -2.29. The second kappa shape index (κ2) is 8.11. The van der Waals surface area contributed by atoms with E-state index in [0.717, 1.165) is 10.8 Å². The molecule has 1 unspecified atom stereocenters. The first kappa shape index (κ1) is 19.8. The number of rotatable bonds is 5. The highest BCUT2D eigenvalue weighted by molar-refractivity contribution is 6.07. The van der Waals surface area contributed by atoms with Crippen LogP contribution < -0.4 is 5.56 Å². The van der Waals surface area contributed by atoms with E-state index >= 15 is 0 Å². The molecule has 5 nitrogen and oxygen atoms in total. The molecule has 0 N–H and O–H groups in total. The summed E-state index contributed by atoms with van der Waals surface area (Å²) in [6.45, 7) is 6.83. The largest absolute Gasteiger partial charge is 0.329 e. The van der Waals surface area contributed by atoms with Crippen molar-refractivity contribution in [3.8, 4) is 0 Å². The summed E-state index contributed by atoms with van der Waals surface area (Å²) in [5.41, 5.74) is 1.24. The fourth-order valence-corrected chi connectivity index (χ4v) is 4.11. The lowest BCUT2D eigenvalue weighted by Crippen LogP contribution is -2.37. The Hall–Kier alpha value is -3.47. The maximum atomic E-state index is 13.6. The number of benzene rings is 3. The fourth-order valence-electron chi connectivity index (χ4n) is 4.11. The highest BCUT2D eigenvalue weighted by Gasteiger charge is 2.26. The molecule has 0 spiro atoms. The summed E-state index contributed by atoms with van der Waals surface area (Å²) in [5.74, 6) is 0.545. The minimum atomic E-state index is -0.348. The molecule has 1 amide bonds. The number of aromatic nitrogens is 2. The van der Waals surface area contributed by atoms with Crippen LogP contribution in [0.4, 0.5) is 0 Å². The molecule has 4 rings (SSSR count). The third kappa shape index (κ3) is 3.26. The van der Waals surface area contributed by atoms with Gasteiger partial charge < -0.3 is 4.90 Å². The lowest BCUT2D eigenvalue weighted by atomic mass is 10.0. The number of carbonyl (C=O) groups excluding carboxylic acids is 1. The van der Waals surface area contributed by atoms with Gasteiger partial charge >= 0.3 is 0 Å². The Bertz CT molecular complexity index is 1290. The highest BCUT2D eigenvalue weighted by atomic mass is 16.2. The fraction of sp³-hybridized carbons (Fsp3) is 0.240. The molecule has 5 heteroatoms. The molecule has 1 aromatic heterocycles. The Labute approximate surface area is 175 Å². The molecule has 1 heterocycles. The maximum Gasteiger partial charge on any atom is 0.261 e. The summed E-state index contributed by atoms with van der Waals surface area (Å²) < 4.78 is 1.67. The van der Waals surface area contributed by atoms with E-state index < -0.39 is 0 Å². The van der Waals surface area contributed by atoms with E-state index in [9.17, 15) is 9.59 Å². The van der Waals surface area contributed by atoms with Crippen molar-refractivity contribution < 1.29 is 4.79 Å². The Balaban J connectivity index is 1.82. The quantitative estimate of drug-likeness (QED) is 0.485. The maximum absolute atomic E-state index is 13.6. The van der Waals surface area contributed by atoms with Gasteiger partial charge in [-0.2, -0.15) is 0 Å². The van der Waals surface area contributed by atoms with Crippen molar-refractivity contribution in [3.63, 3.8) is 0 Å². The molecule has 0 aliphatic heterocycles. The van der Waals surface area contributed by atoms with Gasteiger partial charge in [0.05, 0.1) is 16.9 Å². The van der Waals surface area contributed by atoms with Gasteiger partial charge in [0.2, 0.25) is 0 Å². The van der Waals surface area contributed by atoms with Crippen molar-refractivity contribution in [2.45, 2.75) is 33.4 Å². The average Bonchev–Trinajstić information content (AvgIpc) is 2.79. The van der Waals surface area contributed by atoms with Crippen LogP contribution in [0.25, 0.3) is 21.7 Å². The first-order valence-electron chi connectivity index (χ1n) is 10.3. The van der Waals surface area contributed by atoms with Gasteiger partial charge in [-0.05, 0) is 49.7 Å². The molecular weight excluding hydrogens is 374 g/mol. The molecule has 30 heavy (non-hydrogen) atoms. The summed E-state index contributed by atoms with van der Waals surface area (Å²) in [6, 6.07) is 20.7. The highest BCUT2D eigenvalue weighted by Crippen LogP contribution is 2.25. The van der Waals surface area contributed by atoms with Crippen LogP contribution >= 0.6 is 0 Å². The number of nitrogens with zero attached hydrogens (tertiary/aromatic N) is 3. The number of hydrogen-bond donors (Lipinski definition) is 0. The van der Waals surface area contributed by atoms with Crippen LogP contribution in [-0.2, 0) is 6.54 Å². The van der Waals surface area contributed by atoms with E-state index in [1.54, 1.807) is 15.5 Å². The SMILES string of the molecule is CCN(C(=O)c1cccc2ccccc12)C(C)c1nc2ccccc2c(=O)n1CC. The monoisotopic (exact) mass is 399 g/mol. The van der Waals surface area contributed by atoms with Crippen molar-refractivity contribution in [1.82, 2.24) is 14.5 Å². The van der Waals surface area contributed by atoms with E-state index in [1.807, 2.05) is 81.4 Å². The second-order valence-electron chi connectivity index (χ2n) is 7.33.